The second-order valence-electron chi connectivity index (χ2n) is 5.35. The summed E-state index contributed by atoms with van der Waals surface area (Å²) in [6, 6.07) is 8.38. The number of alkyl halides is 3. The average molecular weight is 334 g/mol. The number of hydrogen-bond acceptors (Lipinski definition) is 3. The smallest absolute Gasteiger partial charge is 0.303 e. The maximum absolute atomic E-state index is 13.1. The maximum atomic E-state index is 13.1. The molecule has 8 heteroatoms. The first-order valence-electron chi connectivity index (χ1n) is 7.01. The molecule has 0 bridgehead atoms. The van der Waals surface area contributed by atoms with Gasteiger partial charge in [0.25, 0.3) is 5.91 Å². The Morgan fingerprint density at radius 1 is 1.21 bits per heavy atom. The van der Waals surface area contributed by atoms with Crippen molar-refractivity contribution in [3.8, 4) is 0 Å². The largest absolute Gasteiger partial charge is 0.416 e. The highest BCUT2D eigenvalue weighted by molar-refractivity contribution is 6.13. The van der Waals surface area contributed by atoms with Crippen LogP contribution >= 0.6 is 0 Å². The van der Waals surface area contributed by atoms with Gasteiger partial charge < -0.3 is 4.57 Å². The summed E-state index contributed by atoms with van der Waals surface area (Å²) in [7, 11) is 3.09. The number of aromatic nitrogens is 3. The van der Waals surface area contributed by atoms with Crippen molar-refractivity contribution in [2.75, 3.05) is 11.9 Å². The van der Waals surface area contributed by atoms with E-state index in [0.29, 0.717) is 10.8 Å². The summed E-state index contributed by atoms with van der Waals surface area (Å²) in [5.41, 5.74) is -0.901. The van der Waals surface area contributed by atoms with Crippen molar-refractivity contribution in [1.29, 1.82) is 0 Å². The van der Waals surface area contributed by atoms with E-state index in [1.807, 2.05) is 0 Å². The van der Waals surface area contributed by atoms with E-state index in [1.54, 1.807) is 31.3 Å². The van der Waals surface area contributed by atoms with E-state index in [9.17, 15) is 18.0 Å². The molecule has 1 heterocycles. The lowest BCUT2D eigenvalue weighted by Gasteiger charge is -2.18. The molecule has 5 nitrogen and oxygen atoms in total. The molecule has 0 spiro atoms. The molecule has 24 heavy (non-hydrogen) atoms. The van der Waals surface area contributed by atoms with Crippen LogP contribution in [0.5, 0.6) is 0 Å². The van der Waals surface area contributed by atoms with Crippen molar-refractivity contribution in [2.45, 2.75) is 6.18 Å². The third-order valence-electron chi connectivity index (χ3n) is 3.71. The number of hydrogen-bond donors (Lipinski definition) is 0. The fourth-order valence-corrected chi connectivity index (χ4v) is 2.50. The van der Waals surface area contributed by atoms with Crippen molar-refractivity contribution in [3.63, 3.8) is 0 Å². The lowest BCUT2D eigenvalue weighted by molar-refractivity contribution is -0.137. The predicted molar refractivity (Wildman–Crippen MR) is 82.7 cm³/mol. The Morgan fingerprint density at radius 2 is 1.92 bits per heavy atom. The zero-order valence-corrected chi connectivity index (χ0v) is 12.9. The van der Waals surface area contributed by atoms with Crippen LogP contribution in [0.2, 0.25) is 0 Å². The molecule has 2 aromatic carbocycles. The van der Waals surface area contributed by atoms with Crippen LogP contribution in [0.3, 0.4) is 0 Å². The van der Waals surface area contributed by atoms with Crippen LogP contribution in [0.4, 0.5) is 19.1 Å². The van der Waals surface area contributed by atoms with Crippen LogP contribution in [-0.4, -0.2) is 27.7 Å². The third-order valence-corrected chi connectivity index (χ3v) is 3.71. The minimum absolute atomic E-state index is 0.0362. The molecule has 0 atom stereocenters. The van der Waals surface area contributed by atoms with Crippen molar-refractivity contribution in [3.05, 3.63) is 53.9 Å². The van der Waals surface area contributed by atoms with Gasteiger partial charge in [-0.25, -0.2) is 0 Å². The maximum Gasteiger partial charge on any atom is 0.416 e. The van der Waals surface area contributed by atoms with Gasteiger partial charge in [0.2, 0.25) is 5.95 Å². The summed E-state index contributed by atoms with van der Waals surface area (Å²) in [6.45, 7) is 0. The highest BCUT2D eigenvalue weighted by Crippen LogP contribution is 2.34. The second-order valence-corrected chi connectivity index (χ2v) is 5.35. The quantitative estimate of drug-likeness (QED) is 0.723. The summed E-state index contributed by atoms with van der Waals surface area (Å²) < 4.78 is 40.9. The molecule has 1 aromatic heterocycles. The molecule has 0 aliphatic carbocycles. The van der Waals surface area contributed by atoms with E-state index in [4.69, 9.17) is 0 Å². The van der Waals surface area contributed by atoms with Gasteiger partial charge >= 0.3 is 6.18 Å². The Labute approximate surface area is 135 Å². The highest BCUT2D eigenvalue weighted by atomic mass is 19.4. The normalized spacial score (nSPS) is 11.7. The topological polar surface area (TPSA) is 51.0 Å². The Kier molecular flexibility index (Phi) is 3.75. The molecule has 3 rings (SSSR count). The number of amides is 1. The number of halogens is 3. The molecule has 124 valence electrons. The van der Waals surface area contributed by atoms with E-state index in [2.05, 4.69) is 10.2 Å². The molecule has 0 unspecified atom stereocenters. The molecule has 0 saturated carbocycles. The lowest BCUT2D eigenvalue weighted by Crippen LogP contribution is -2.29. The fraction of sp³-hybridized carbons (Fsp3) is 0.188. The first kappa shape index (κ1) is 16.0. The number of rotatable bonds is 2. The highest BCUT2D eigenvalue weighted by Gasteiger charge is 2.32. The minimum atomic E-state index is -4.54. The van der Waals surface area contributed by atoms with Crippen LogP contribution < -0.4 is 4.90 Å². The van der Waals surface area contributed by atoms with Crippen molar-refractivity contribution < 1.29 is 18.0 Å². The number of aryl methyl sites for hydroxylation is 1. The zero-order valence-electron chi connectivity index (χ0n) is 12.9. The molecular weight excluding hydrogens is 321 g/mol. The minimum Gasteiger partial charge on any atom is -0.303 e. The molecule has 0 aliphatic rings. The summed E-state index contributed by atoms with van der Waals surface area (Å²) in [5.74, 6) is -0.352. The van der Waals surface area contributed by atoms with E-state index < -0.39 is 17.6 Å². The number of benzene rings is 2. The van der Waals surface area contributed by atoms with Gasteiger partial charge in [0, 0.05) is 19.7 Å². The van der Waals surface area contributed by atoms with E-state index in [-0.39, 0.29) is 11.5 Å². The molecule has 0 saturated heterocycles. The van der Waals surface area contributed by atoms with Gasteiger partial charge in [0.15, 0.2) is 0 Å². The van der Waals surface area contributed by atoms with Crippen molar-refractivity contribution in [2.24, 2.45) is 7.05 Å². The van der Waals surface area contributed by atoms with Gasteiger partial charge in [-0.3, -0.25) is 9.69 Å². The molecule has 0 aliphatic heterocycles. The summed E-state index contributed by atoms with van der Waals surface area (Å²) in [4.78, 5) is 13.9. The van der Waals surface area contributed by atoms with Gasteiger partial charge in [0.1, 0.15) is 6.33 Å². The zero-order chi connectivity index (χ0) is 17.5. The predicted octanol–water partition coefficient (Wildman–Crippen LogP) is 3.26. The van der Waals surface area contributed by atoms with Crippen molar-refractivity contribution >= 4 is 22.6 Å². The Morgan fingerprint density at radius 3 is 2.54 bits per heavy atom. The standard InChI is InChI=1S/C16H13F3N4O/c1-22-9-20-21-15(22)23(2)14(24)13-8-11(16(17,18)19)7-10-5-3-4-6-12(10)13/h3-9H,1-2H3. The summed E-state index contributed by atoms with van der Waals surface area (Å²) in [5, 5.41) is 8.28. The first-order chi connectivity index (χ1) is 11.3. The molecular formula is C16H13F3N4O. The van der Waals surface area contributed by atoms with E-state index in [0.717, 1.165) is 12.1 Å². The van der Waals surface area contributed by atoms with E-state index in [1.165, 1.54) is 22.8 Å². The van der Waals surface area contributed by atoms with Gasteiger partial charge in [-0.15, -0.1) is 10.2 Å². The number of carbonyl (C=O) groups excluding carboxylic acids is 1. The Bertz CT molecular complexity index is 917. The molecule has 0 fully saturated rings. The van der Waals surface area contributed by atoms with Crippen LogP contribution in [0.25, 0.3) is 10.8 Å². The number of anilines is 1. The van der Waals surface area contributed by atoms with Gasteiger partial charge in [-0.05, 0) is 22.9 Å². The molecule has 0 N–H and O–H groups in total. The lowest BCUT2D eigenvalue weighted by atomic mass is 9.99. The SMILES string of the molecule is CN(C(=O)c1cc(C(F)(F)F)cc2ccccc12)c1nncn1C. The first-order valence-corrected chi connectivity index (χ1v) is 7.01. The number of nitrogens with zero attached hydrogens (tertiary/aromatic N) is 4. The van der Waals surface area contributed by atoms with Gasteiger partial charge in [0.05, 0.1) is 5.56 Å². The summed E-state index contributed by atoms with van der Waals surface area (Å²) in [6.07, 6.45) is -3.13. The van der Waals surface area contributed by atoms with Crippen molar-refractivity contribution in [1.82, 2.24) is 14.8 Å². The molecule has 3 aromatic rings. The average Bonchev–Trinajstić information content (AvgIpc) is 2.97. The molecule has 0 radical (unpaired) electrons. The monoisotopic (exact) mass is 334 g/mol. The van der Waals surface area contributed by atoms with Crippen LogP contribution in [0.15, 0.2) is 42.7 Å². The number of carbonyl (C=O) groups is 1. The Hall–Kier alpha value is -2.90. The third kappa shape index (κ3) is 2.70. The Balaban J connectivity index is 2.17. The number of fused-ring (bicyclic) bond motifs is 1. The van der Waals surface area contributed by atoms with Crippen LogP contribution in [-0.2, 0) is 13.2 Å². The van der Waals surface area contributed by atoms with E-state index >= 15 is 0 Å². The van der Waals surface area contributed by atoms with Crippen LogP contribution in [0.1, 0.15) is 15.9 Å². The fourth-order valence-electron chi connectivity index (χ4n) is 2.50. The van der Waals surface area contributed by atoms with Gasteiger partial charge in [-0.1, -0.05) is 24.3 Å². The van der Waals surface area contributed by atoms with Crippen LogP contribution in [0, 0.1) is 0 Å². The van der Waals surface area contributed by atoms with Gasteiger partial charge in [-0.2, -0.15) is 13.2 Å². The summed E-state index contributed by atoms with van der Waals surface area (Å²) >= 11 is 0. The second kappa shape index (κ2) is 5.63. The molecule has 1 amide bonds.